The minimum Gasteiger partial charge on any atom is -0.388 e. The quantitative estimate of drug-likeness (QED) is 0.847. The molecule has 1 amide bonds. The van der Waals surface area contributed by atoms with Crippen molar-refractivity contribution >= 4 is 11.7 Å². The van der Waals surface area contributed by atoms with Crippen molar-refractivity contribution in [2.24, 2.45) is 5.92 Å². The number of carbonyl (C=O) groups excluding carboxylic acids is 1. The summed E-state index contributed by atoms with van der Waals surface area (Å²) >= 11 is 0. The largest absolute Gasteiger partial charge is 0.388 e. The summed E-state index contributed by atoms with van der Waals surface area (Å²) in [6, 6.07) is 1.77. The molecule has 0 aromatic carbocycles. The summed E-state index contributed by atoms with van der Waals surface area (Å²) in [7, 11) is 0. The van der Waals surface area contributed by atoms with Gasteiger partial charge in [0, 0.05) is 25.1 Å². The fourth-order valence-corrected chi connectivity index (χ4v) is 1.99. The lowest BCUT2D eigenvalue weighted by molar-refractivity contribution is 0.0428. The van der Waals surface area contributed by atoms with Gasteiger partial charge in [-0.25, -0.2) is 9.97 Å². The van der Waals surface area contributed by atoms with Crippen molar-refractivity contribution in [3.8, 4) is 0 Å². The molecule has 21 heavy (non-hydrogen) atoms. The first-order chi connectivity index (χ1) is 9.87. The van der Waals surface area contributed by atoms with Gasteiger partial charge in [0.2, 0.25) is 5.78 Å². The van der Waals surface area contributed by atoms with Gasteiger partial charge in [-0.2, -0.15) is 0 Å². The van der Waals surface area contributed by atoms with Crippen LogP contribution in [0.1, 0.15) is 44.1 Å². The SMILES string of the molecule is CC(C)CCC(C)(O)CNC(=O)c1cn2cccnc2n1. The van der Waals surface area contributed by atoms with E-state index in [1.807, 2.05) is 0 Å². The monoisotopic (exact) mass is 290 g/mol. The maximum Gasteiger partial charge on any atom is 0.271 e. The maximum absolute atomic E-state index is 12.1. The molecule has 6 nitrogen and oxygen atoms in total. The lowest BCUT2D eigenvalue weighted by atomic mass is 9.95. The van der Waals surface area contributed by atoms with Gasteiger partial charge in [-0.3, -0.25) is 9.20 Å². The molecule has 0 saturated carbocycles. The number of hydrogen-bond acceptors (Lipinski definition) is 4. The highest BCUT2D eigenvalue weighted by Crippen LogP contribution is 2.15. The number of hydrogen-bond donors (Lipinski definition) is 2. The van der Waals surface area contributed by atoms with Crippen molar-refractivity contribution in [3.63, 3.8) is 0 Å². The third-order valence-electron chi connectivity index (χ3n) is 3.36. The maximum atomic E-state index is 12.1. The predicted molar refractivity (Wildman–Crippen MR) is 80.0 cm³/mol. The number of rotatable bonds is 6. The summed E-state index contributed by atoms with van der Waals surface area (Å²) in [4.78, 5) is 20.3. The van der Waals surface area contributed by atoms with Crippen LogP contribution in [0.3, 0.4) is 0 Å². The van der Waals surface area contributed by atoms with Gasteiger partial charge in [-0.1, -0.05) is 13.8 Å². The van der Waals surface area contributed by atoms with Gasteiger partial charge in [-0.05, 0) is 31.7 Å². The van der Waals surface area contributed by atoms with E-state index in [-0.39, 0.29) is 12.5 Å². The topological polar surface area (TPSA) is 79.5 Å². The molecule has 2 aromatic rings. The minimum atomic E-state index is -0.905. The van der Waals surface area contributed by atoms with Crippen LogP contribution in [-0.4, -0.2) is 37.5 Å². The number of imidazole rings is 1. The average molecular weight is 290 g/mol. The van der Waals surface area contributed by atoms with Crippen LogP contribution in [0.4, 0.5) is 0 Å². The smallest absolute Gasteiger partial charge is 0.271 e. The van der Waals surface area contributed by atoms with Crippen molar-refractivity contribution in [1.82, 2.24) is 19.7 Å². The predicted octanol–water partition coefficient (Wildman–Crippen LogP) is 1.65. The van der Waals surface area contributed by atoms with E-state index in [1.54, 1.807) is 36.0 Å². The molecular weight excluding hydrogens is 268 g/mol. The van der Waals surface area contributed by atoms with Crippen molar-refractivity contribution < 1.29 is 9.90 Å². The summed E-state index contributed by atoms with van der Waals surface area (Å²) in [5.74, 6) is 0.705. The highest BCUT2D eigenvalue weighted by molar-refractivity contribution is 5.92. The van der Waals surface area contributed by atoms with Crippen LogP contribution in [0.25, 0.3) is 5.78 Å². The average Bonchev–Trinajstić information content (AvgIpc) is 2.87. The Labute approximate surface area is 124 Å². The van der Waals surface area contributed by atoms with Gasteiger partial charge in [0.15, 0.2) is 0 Å². The standard InChI is InChI=1S/C15H22N4O2/c1-11(2)5-6-15(3,21)10-17-13(20)12-9-19-8-4-7-16-14(19)18-12/h4,7-9,11,21H,5-6,10H2,1-3H3,(H,17,20). The molecule has 6 heteroatoms. The number of carbonyl (C=O) groups is 1. The number of nitrogens with zero attached hydrogens (tertiary/aromatic N) is 3. The van der Waals surface area contributed by atoms with Crippen molar-refractivity contribution in [2.75, 3.05) is 6.54 Å². The van der Waals surface area contributed by atoms with E-state index in [2.05, 4.69) is 29.1 Å². The second-order valence-corrected chi connectivity index (χ2v) is 6.07. The van der Waals surface area contributed by atoms with E-state index >= 15 is 0 Å². The number of aliphatic hydroxyl groups is 1. The van der Waals surface area contributed by atoms with Gasteiger partial charge >= 0.3 is 0 Å². The lowest BCUT2D eigenvalue weighted by Gasteiger charge is -2.24. The first-order valence-electron chi connectivity index (χ1n) is 7.18. The van der Waals surface area contributed by atoms with Gasteiger partial charge in [0.05, 0.1) is 5.60 Å². The molecule has 0 aliphatic rings. The number of aromatic nitrogens is 3. The molecule has 114 valence electrons. The summed E-state index contributed by atoms with van der Waals surface area (Å²) < 4.78 is 1.69. The number of fused-ring (bicyclic) bond motifs is 1. The first kappa shape index (κ1) is 15.4. The molecule has 2 heterocycles. The molecule has 0 aliphatic carbocycles. The minimum absolute atomic E-state index is 0.208. The zero-order chi connectivity index (χ0) is 15.5. The summed E-state index contributed by atoms with van der Waals surface area (Å²) in [6.45, 7) is 6.16. The Morgan fingerprint density at radius 3 is 2.95 bits per heavy atom. The van der Waals surface area contributed by atoms with Crippen LogP contribution < -0.4 is 5.32 Å². The highest BCUT2D eigenvalue weighted by atomic mass is 16.3. The van der Waals surface area contributed by atoms with Crippen LogP contribution in [0.2, 0.25) is 0 Å². The molecule has 2 aromatic heterocycles. The molecule has 0 radical (unpaired) electrons. The van der Waals surface area contributed by atoms with E-state index in [1.165, 1.54) is 0 Å². The summed E-state index contributed by atoms with van der Waals surface area (Å²) in [5, 5.41) is 13.0. The van der Waals surface area contributed by atoms with Crippen LogP contribution in [-0.2, 0) is 0 Å². The molecule has 0 fully saturated rings. The molecule has 0 spiro atoms. The fourth-order valence-electron chi connectivity index (χ4n) is 1.99. The molecular formula is C15H22N4O2. The zero-order valence-corrected chi connectivity index (χ0v) is 12.7. The number of amides is 1. The van der Waals surface area contributed by atoms with Crippen molar-refractivity contribution in [1.29, 1.82) is 0 Å². The lowest BCUT2D eigenvalue weighted by Crippen LogP contribution is -2.40. The van der Waals surface area contributed by atoms with E-state index in [9.17, 15) is 9.90 Å². The zero-order valence-electron chi connectivity index (χ0n) is 12.7. The Morgan fingerprint density at radius 2 is 2.29 bits per heavy atom. The van der Waals surface area contributed by atoms with Gasteiger partial charge in [0.1, 0.15) is 5.69 Å². The van der Waals surface area contributed by atoms with Crippen molar-refractivity contribution in [2.45, 2.75) is 39.2 Å². The first-order valence-corrected chi connectivity index (χ1v) is 7.18. The fraction of sp³-hybridized carbons (Fsp3) is 0.533. The highest BCUT2D eigenvalue weighted by Gasteiger charge is 2.22. The molecule has 1 atom stereocenters. The van der Waals surface area contributed by atoms with Gasteiger partial charge < -0.3 is 10.4 Å². The van der Waals surface area contributed by atoms with Crippen LogP contribution in [0.5, 0.6) is 0 Å². The van der Waals surface area contributed by atoms with Gasteiger partial charge in [-0.15, -0.1) is 0 Å². The van der Waals surface area contributed by atoms with Crippen LogP contribution in [0.15, 0.2) is 24.7 Å². The molecule has 0 saturated heterocycles. The third kappa shape index (κ3) is 4.26. The second kappa shape index (κ2) is 6.22. The Morgan fingerprint density at radius 1 is 1.52 bits per heavy atom. The second-order valence-electron chi connectivity index (χ2n) is 6.07. The van der Waals surface area contributed by atoms with E-state index in [4.69, 9.17) is 0 Å². The Balaban J connectivity index is 1.95. The van der Waals surface area contributed by atoms with Crippen LogP contribution in [0, 0.1) is 5.92 Å². The Hall–Kier alpha value is -1.95. The summed E-state index contributed by atoms with van der Waals surface area (Å²) in [5.41, 5.74) is -0.606. The normalized spacial score (nSPS) is 14.3. The van der Waals surface area contributed by atoms with E-state index in [0.29, 0.717) is 23.8 Å². The third-order valence-corrected chi connectivity index (χ3v) is 3.36. The molecule has 2 N–H and O–H groups in total. The molecule has 0 aliphatic heterocycles. The van der Waals surface area contributed by atoms with E-state index in [0.717, 1.165) is 6.42 Å². The van der Waals surface area contributed by atoms with Crippen molar-refractivity contribution in [3.05, 3.63) is 30.4 Å². The molecule has 0 bridgehead atoms. The van der Waals surface area contributed by atoms with Crippen LogP contribution >= 0.6 is 0 Å². The Kier molecular flexibility index (Phi) is 4.57. The van der Waals surface area contributed by atoms with Gasteiger partial charge in [0.25, 0.3) is 5.91 Å². The van der Waals surface area contributed by atoms with E-state index < -0.39 is 5.60 Å². The Bertz CT molecular complexity index is 586. The number of nitrogens with one attached hydrogen (secondary N) is 1. The summed E-state index contributed by atoms with van der Waals surface area (Å²) in [6.07, 6.45) is 6.60. The molecule has 1 unspecified atom stereocenters. The molecule has 2 rings (SSSR count).